The number of aromatic nitrogens is 4. The number of carbonyl (C=O) groups excluding carboxylic acids is 1. The van der Waals surface area contributed by atoms with Crippen LogP contribution in [0.25, 0.3) is 11.0 Å². The minimum Gasteiger partial charge on any atom is -0.336 e. The maximum absolute atomic E-state index is 13.2. The summed E-state index contributed by atoms with van der Waals surface area (Å²) in [5.41, 5.74) is 3.44. The molecule has 3 heterocycles. The van der Waals surface area contributed by atoms with Gasteiger partial charge in [-0.25, -0.2) is 14.6 Å². The first kappa shape index (κ1) is 17.1. The van der Waals surface area contributed by atoms with Crippen LogP contribution >= 0.6 is 11.3 Å². The van der Waals surface area contributed by atoms with Crippen LogP contribution in [0.1, 0.15) is 65.4 Å². The Bertz CT molecular complexity index is 970. The van der Waals surface area contributed by atoms with Gasteiger partial charge in [-0.1, -0.05) is 0 Å². The molecule has 0 N–H and O–H groups in total. The number of pyridine rings is 1. The van der Waals surface area contributed by atoms with Gasteiger partial charge in [0.15, 0.2) is 5.65 Å². The van der Waals surface area contributed by atoms with Crippen LogP contribution in [0.5, 0.6) is 0 Å². The Morgan fingerprint density at radius 2 is 2.15 bits per heavy atom. The molecular weight excluding hydrogens is 346 g/mol. The third-order valence-electron chi connectivity index (χ3n) is 4.71. The summed E-state index contributed by atoms with van der Waals surface area (Å²) in [5.74, 6) is 0.473. The van der Waals surface area contributed by atoms with Crippen molar-refractivity contribution in [2.75, 3.05) is 7.05 Å². The standard InChI is InChI=1S/C19H23N5OS/c1-11(2)24-18-16(8-20-24)15(7-17(22-18)13-5-6-13)19(25)23(4)9-14-10-26-12(3)21-14/h7-8,10-11,13H,5-6,9H2,1-4H3. The predicted molar refractivity (Wildman–Crippen MR) is 103 cm³/mol. The Labute approximate surface area is 156 Å². The monoisotopic (exact) mass is 369 g/mol. The molecule has 1 amide bonds. The second-order valence-corrected chi connectivity index (χ2v) is 8.37. The average molecular weight is 369 g/mol. The molecule has 1 saturated carbocycles. The zero-order valence-corrected chi connectivity index (χ0v) is 16.4. The van der Waals surface area contributed by atoms with Crippen LogP contribution in [0.3, 0.4) is 0 Å². The van der Waals surface area contributed by atoms with Crippen molar-refractivity contribution in [1.29, 1.82) is 0 Å². The highest BCUT2D eigenvalue weighted by Gasteiger charge is 2.29. The summed E-state index contributed by atoms with van der Waals surface area (Å²) in [5, 5.41) is 8.33. The first-order valence-electron chi connectivity index (χ1n) is 8.98. The fourth-order valence-corrected chi connectivity index (χ4v) is 3.79. The summed E-state index contributed by atoms with van der Waals surface area (Å²) in [6, 6.07) is 2.17. The van der Waals surface area contributed by atoms with Crippen molar-refractivity contribution < 1.29 is 4.79 Å². The van der Waals surface area contributed by atoms with E-state index in [4.69, 9.17) is 4.98 Å². The molecule has 0 unspecified atom stereocenters. The third-order valence-corrected chi connectivity index (χ3v) is 5.54. The predicted octanol–water partition coefficient (Wildman–Crippen LogP) is 3.93. The lowest BCUT2D eigenvalue weighted by molar-refractivity contribution is 0.0785. The summed E-state index contributed by atoms with van der Waals surface area (Å²) in [7, 11) is 1.83. The quantitative estimate of drug-likeness (QED) is 0.684. The Morgan fingerprint density at radius 3 is 2.77 bits per heavy atom. The Kier molecular flexibility index (Phi) is 4.26. The van der Waals surface area contributed by atoms with Crippen LogP contribution in [-0.2, 0) is 6.54 Å². The molecule has 4 rings (SSSR count). The molecule has 0 spiro atoms. The summed E-state index contributed by atoms with van der Waals surface area (Å²) < 4.78 is 1.90. The molecule has 1 fully saturated rings. The van der Waals surface area contributed by atoms with E-state index >= 15 is 0 Å². The third kappa shape index (κ3) is 3.11. The van der Waals surface area contributed by atoms with Crippen molar-refractivity contribution in [2.45, 2.75) is 52.1 Å². The van der Waals surface area contributed by atoms with E-state index in [2.05, 4.69) is 23.9 Å². The number of carbonyl (C=O) groups is 1. The van der Waals surface area contributed by atoms with E-state index < -0.39 is 0 Å². The first-order valence-corrected chi connectivity index (χ1v) is 9.86. The van der Waals surface area contributed by atoms with Gasteiger partial charge in [0, 0.05) is 30.1 Å². The Morgan fingerprint density at radius 1 is 1.38 bits per heavy atom. The van der Waals surface area contributed by atoms with Gasteiger partial charge in [0.25, 0.3) is 5.91 Å². The summed E-state index contributed by atoms with van der Waals surface area (Å²) in [4.78, 5) is 24.2. The summed E-state index contributed by atoms with van der Waals surface area (Å²) in [6.07, 6.45) is 4.07. The van der Waals surface area contributed by atoms with E-state index in [1.165, 1.54) is 0 Å². The average Bonchev–Trinajstić information content (AvgIpc) is 3.24. The highest BCUT2D eigenvalue weighted by atomic mass is 32.1. The van der Waals surface area contributed by atoms with Crippen LogP contribution in [0, 0.1) is 6.92 Å². The van der Waals surface area contributed by atoms with E-state index in [0.717, 1.165) is 40.3 Å². The molecule has 1 aliphatic carbocycles. The minimum absolute atomic E-state index is 0.00624. The van der Waals surface area contributed by atoms with E-state index in [0.29, 0.717) is 18.0 Å². The number of fused-ring (bicyclic) bond motifs is 1. The lowest BCUT2D eigenvalue weighted by Gasteiger charge is -2.17. The van der Waals surface area contributed by atoms with E-state index in [9.17, 15) is 4.79 Å². The zero-order valence-electron chi connectivity index (χ0n) is 15.6. The molecule has 0 aliphatic heterocycles. The van der Waals surface area contributed by atoms with Gasteiger partial charge < -0.3 is 4.90 Å². The van der Waals surface area contributed by atoms with Crippen molar-refractivity contribution in [1.82, 2.24) is 24.6 Å². The number of nitrogens with zero attached hydrogens (tertiary/aromatic N) is 5. The maximum Gasteiger partial charge on any atom is 0.254 e. The van der Waals surface area contributed by atoms with Gasteiger partial charge in [-0.3, -0.25) is 4.79 Å². The van der Waals surface area contributed by atoms with Crippen molar-refractivity contribution in [3.8, 4) is 0 Å². The van der Waals surface area contributed by atoms with Crippen molar-refractivity contribution in [3.05, 3.63) is 39.6 Å². The van der Waals surface area contributed by atoms with Gasteiger partial charge >= 0.3 is 0 Å². The first-order chi connectivity index (χ1) is 12.4. The molecule has 1 aliphatic rings. The van der Waals surface area contributed by atoms with Crippen molar-refractivity contribution in [3.63, 3.8) is 0 Å². The SMILES string of the molecule is Cc1nc(CN(C)C(=O)c2cc(C3CC3)nc3c2cnn3C(C)C)cs1. The van der Waals surface area contributed by atoms with Crippen LogP contribution in [0.2, 0.25) is 0 Å². The Balaban J connectivity index is 1.73. The smallest absolute Gasteiger partial charge is 0.254 e. The fraction of sp³-hybridized carbons (Fsp3) is 0.474. The number of hydrogen-bond donors (Lipinski definition) is 0. The molecule has 0 bridgehead atoms. The molecule has 6 nitrogen and oxygen atoms in total. The van der Waals surface area contributed by atoms with Gasteiger partial charge in [0.05, 0.1) is 34.4 Å². The molecule has 26 heavy (non-hydrogen) atoms. The second-order valence-electron chi connectivity index (χ2n) is 7.31. The van der Waals surface area contributed by atoms with Crippen LogP contribution < -0.4 is 0 Å². The van der Waals surface area contributed by atoms with Gasteiger partial charge in [-0.05, 0) is 39.7 Å². The van der Waals surface area contributed by atoms with Gasteiger partial charge in [-0.15, -0.1) is 11.3 Å². The van der Waals surface area contributed by atoms with E-state index in [-0.39, 0.29) is 11.9 Å². The summed E-state index contributed by atoms with van der Waals surface area (Å²) >= 11 is 1.61. The van der Waals surface area contributed by atoms with E-state index in [1.807, 2.05) is 30.1 Å². The lowest BCUT2D eigenvalue weighted by atomic mass is 10.1. The second kappa shape index (κ2) is 6.46. The molecule has 3 aromatic heterocycles. The zero-order chi connectivity index (χ0) is 18.4. The Hall–Kier alpha value is -2.28. The minimum atomic E-state index is -0.00624. The molecule has 7 heteroatoms. The maximum atomic E-state index is 13.2. The molecule has 3 aromatic rings. The topological polar surface area (TPSA) is 63.9 Å². The number of thiazole rings is 1. The van der Waals surface area contributed by atoms with Gasteiger partial charge in [0.1, 0.15) is 0 Å². The molecule has 0 aromatic carbocycles. The van der Waals surface area contributed by atoms with Crippen LogP contribution in [-0.4, -0.2) is 37.6 Å². The van der Waals surface area contributed by atoms with E-state index in [1.54, 1.807) is 22.4 Å². The lowest BCUT2D eigenvalue weighted by Crippen LogP contribution is -2.26. The largest absolute Gasteiger partial charge is 0.336 e. The normalized spacial score (nSPS) is 14.3. The van der Waals surface area contributed by atoms with Gasteiger partial charge in [0.2, 0.25) is 0 Å². The molecule has 0 radical (unpaired) electrons. The summed E-state index contributed by atoms with van der Waals surface area (Å²) in [6.45, 7) is 6.64. The molecule has 136 valence electrons. The van der Waals surface area contributed by atoms with Gasteiger partial charge in [-0.2, -0.15) is 5.10 Å². The number of rotatable bonds is 5. The van der Waals surface area contributed by atoms with Crippen LogP contribution in [0.15, 0.2) is 17.6 Å². The number of amides is 1. The molecule has 0 atom stereocenters. The molecule has 0 saturated heterocycles. The molecular formula is C19H23N5OS. The van der Waals surface area contributed by atoms with Crippen LogP contribution in [0.4, 0.5) is 0 Å². The highest BCUT2D eigenvalue weighted by Crippen LogP contribution is 2.40. The fourth-order valence-electron chi connectivity index (χ4n) is 3.18. The number of hydrogen-bond acceptors (Lipinski definition) is 5. The van der Waals surface area contributed by atoms with Crippen molar-refractivity contribution in [2.24, 2.45) is 0 Å². The van der Waals surface area contributed by atoms with Crippen molar-refractivity contribution >= 4 is 28.3 Å². The highest BCUT2D eigenvalue weighted by molar-refractivity contribution is 7.09. The number of aryl methyl sites for hydroxylation is 1.